The van der Waals surface area contributed by atoms with Crippen molar-refractivity contribution in [1.82, 2.24) is 14.7 Å². The van der Waals surface area contributed by atoms with E-state index in [1.165, 1.54) is 11.0 Å². The minimum atomic E-state index is -4.50. The van der Waals surface area contributed by atoms with Crippen LogP contribution in [-0.4, -0.2) is 45.8 Å². The van der Waals surface area contributed by atoms with Gasteiger partial charge in [0, 0.05) is 31.5 Å². The van der Waals surface area contributed by atoms with Gasteiger partial charge in [0.05, 0.1) is 6.04 Å². The first-order valence-corrected chi connectivity index (χ1v) is 9.80. The van der Waals surface area contributed by atoms with Crippen molar-refractivity contribution in [1.29, 1.82) is 0 Å². The molecule has 0 spiro atoms. The lowest BCUT2D eigenvalue weighted by Crippen LogP contribution is -2.42. The van der Waals surface area contributed by atoms with Crippen molar-refractivity contribution in [3.63, 3.8) is 0 Å². The summed E-state index contributed by atoms with van der Waals surface area (Å²) in [6.45, 7) is 0.634. The number of piperidine rings is 1. The van der Waals surface area contributed by atoms with Crippen molar-refractivity contribution in [3.8, 4) is 0 Å². The Hall–Kier alpha value is -3.04. The summed E-state index contributed by atoms with van der Waals surface area (Å²) in [5.41, 5.74) is 6.00. The molecule has 2 aliphatic heterocycles. The van der Waals surface area contributed by atoms with Gasteiger partial charge in [-0.15, -0.1) is 0 Å². The second-order valence-electron chi connectivity index (χ2n) is 7.73. The lowest BCUT2D eigenvalue weighted by Gasteiger charge is -2.33. The normalized spacial score (nSPS) is 22.3. The number of nitrogens with two attached hydrogens (primary N) is 1. The Kier molecular flexibility index (Phi) is 5.17. The molecule has 2 aromatic rings. The Bertz CT molecular complexity index is 936. The third-order valence-corrected chi connectivity index (χ3v) is 5.80. The largest absolute Gasteiger partial charge is 0.410 e. The number of benzene rings is 1. The number of halogens is 3. The average Bonchev–Trinajstić information content (AvgIpc) is 3.16. The monoisotopic (exact) mass is 421 g/mol. The molecule has 30 heavy (non-hydrogen) atoms. The predicted molar refractivity (Wildman–Crippen MR) is 103 cm³/mol. The molecule has 1 saturated heterocycles. The number of hydrogen-bond donors (Lipinski definition) is 2. The predicted octanol–water partition coefficient (Wildman–Crippen LogP) is 2.88. The summed E-state index contributed by atoms with van der Waals surface area (Å²) in [4.78, 5) is 25.6. The Morgan fingerprint density at radius 1 is 1.13 bits per heavy atom. The molecule has 4 rings (SSSR count). The average molecular weight is 421 g/mol. The molecule has 3 heterocycles. The van der Waals surface area contributed by atoms with Gasteiger partial charge in [-0.05, 0) is 18.4 Å². The van der Waals surface area contributed by atoms with Gasteiger partial charge in [0.25, 0.3) is 5.91 Å². The van der Waals surface area contributed by atoms with Crippen molar-refractivity contribution < 1.29 is 22.8 Å². The van der Waals surface area contributed by atoms with Gasteiger partial charge in [-0.2, -0.15) is 18.3 Å². The molecule has 1 fully saturated rings. The fourth-order valence-corrected chi connectivity index (χ4v) is 4.11. The fraction of sp³-hybridized carbons (Fsp3) is 0.450. The van der Waals surface area contributed by atoms with Crippen LogP contribution in [0.25, 0.3) is 0 Å². The summed E-state index contributed by atoms with van der Waals surface area (Å²) < 4.78 is 42.2. The van der Waals surface area contributed by atoms with Crippen LogP contribution in [-0.2, 0) is 4.79 Å². The maximum Gasteiger partial charge on any atom is 0.410 e. The van der Waals surface area contributed by atoms with E-state index in [9.17, 15) is 22.8 Å². The molecule has 7 nitrogen and oxygen atoms in total. The topological polar surface area (TPSA) is 93.3 Å². The van der Waals surface area contributed by atoms with E-state index < -0.39 is 30.1 Å². The number of nitrogens with zero attached hydrogens (tertiary/aromatic N) is 3. The number of nitrogens with one attached hydrogen (secondary N) is 1. The molecule has 2 aliphatic rings. The van der Waals surface area contributed by atoms with Gasteiger partial charge in [-0.25, -0.2) is 4.68 Å². The van der Waals surface area contributed by atoms with Crippen molar-refractivity contribution in [2.45, 2.75) is 37.5 Å². The molecular weight excluding hydrogens is 399 g/mol. The first-order chi connectivity index (χ1) is 14.2. The number of carbonyl (C=O) groups is 2. The number of rotatable bonds is 3. The van der Waals surface area contributed by atoms with E-state index in [0.717, 1.165) is 10.2 Å². The number of aromatic nitrogens is 2. The Labute approximate surface area is 171 Å². The molecule has 160 valence electrons. The van der Waals surface area contributed by atoms with Crippen molar-refractivity contribution >= 4 is 17.6 Å². The van der Waals surface area contributed by atoms with Crippen LogP contribution in [0.3, 0.4) is 0 Å². The van der Waals surface area contributed by atoms with Crippen LogP contribution in [0.4, 0.5) is 19.0 Å². The zero-order chi connectivity index (χ0) is 21.5. The number of carbonyl (C=O) groups excluding carboxylic acids is 2. The minimum Gasteiger partial charge on any atom is -0.369 e. The van der Waals surface area contributed by atoms with E-state index in [1.807, 2.05) is 0 Å². The quantitative estimate of drug-likeness (QED) is 0.797. The lowest BCUT2D eigenvalue weighted by molar-refractivity contribution is -0.173. The lowest BCUT2D eigenvalue weighted by atomic mass is 9.96. The maximum absolute atomic E-state index is 13.8. The number of hydrogen-bond acceptors (Lipinski definition) is 4. The number of anilines is 1. The van der Waals surface area contributed by atoms with Crippen molar-refractivity contribution in [3.05, 3.63) is 47.7 Å². The molecule has 0 saturated carbocycles. The highest BCUT2D eigenvalue weighted by Crippen LogP contribution is 2.43. The summed E-state index contributed by atoms with van der Waals surface area (Å²) in [5.74, 6) is -0.970. The molecule has 3 N–H and O–H groups in total. The Morgan fingerprint density at radius 3 is 2.40 bits per heavy atom. The van der Waals surface area contributed by atoms with E-state index >= 15 is 0 Å². The Balaban J connectivity index is 1.58. The molecular formula is C20H22F3N5O2. The second kappa shape index (κ2) is 7.66. The third-order valence-electron chi connectivity index (χ3n) is 5.80. The van der Waals surface area contributed by atoms with Crippen LogP contribution in [0.2, 0.25) is 0 Å². The van der Waals surface area contributed by atoms with Gasteiger partial charge in [-0.1, -0.05) is 30.3 Å². The van der Waals surface area contributed by atoms with Crippen molar-refractivity contribution in [2.24, 2.45) is 11.7 Å². The molecule has 0 radical (unpaired) electrons. The summed E-state index contributed by atoms with van der Waals surface area (Å²) in [7, 11) is 0. The SMILES string of the molecule is NC(=O)C1CCN(C(=O)c2cc3n(n2)[C@H](C(F)(F)F)C[C@H](c2ccccc2)N3)CC1. The molecule has 0 unspecified atom stereocenters. The van der Waals surface area contributed by atoms with Gasteiger partial charge in [-0.3, -0.25) is 9.59 Å². The van der Waals surface area contributed by atoms with Crippen LogP contribution < -0.4 is 11.1 Å². The smallest absolute Gasteiger partial charge is 0.369 e. The van der Waals surface area contributed by atoms with E-state index in [1.54, 1.807) is 30.3 Å². The fourth-order valence-electron chi connectivity index (χ4n) is 4.11. The first kappa shape index (κ1) is 20.2. The minimum absolute atomic E-state index is 0.0435. The highest BCUT2D eigenvalue weighted by atomic mass is 19.4. The van der Waals surface area contributed by atoms with Crippen LogP contribution >= 0.6 is 0 Å². The summed E-state index contributed by atoms with van der Waals surface area (Å²) in [6.07, 6.45) is -3.85. The zero-order valence-corrected chi connectivity index (χ0v) is 16.1. The van der Waals surface area contributed by atoms with E-state index in [4.69, 9.17) is 5.73 Å². The highest BCUT2D eigenvalue weighted by Gasteiger charge is 2.47. The van der Waals surface area contributed by atoms with E-state index in [0.29, 0.717) is 25.9 Å². The standard InChI is InChI=1S/C20H22F3N5O2/c21-20(22,23)16-10-14(12-4-2-1-3-5-12)25-17-11-15(26-28(16)17)19(30)27-8-6-13(7-9-27)18(24)29/h1-5,11,13-14,16,25H,6-10H2,(H2,24,29)/t14-,16+/m1/s1. The summed E-state index contributed by atoms with van der Waals surface area (Å²) >= 11 is 0. The van der Waals surface area contributed by atoms with Crippen LogP contribution in [0.5, 0.6) is 0 Å². The van der Waals surface area contributed by atoms with Crippen LogP contribution in [0.15, 0.2) is 36.4 Å². The molecule has 0 bridgehead atoms. The highest BCUT2D eigenvalue weighted by molar-refractivity contribution is 5.93. The molecule has 2 amide bonds. The van der Waals surface area contributed by atoms with Gasteiger partial charge in [0.1, 0.15) is 5.82 Å². The summed E-state index contributed by atoms with van der Waals surface area (Å²) in [6, 6.07) is 7.88. The Morgan fingerprint density at radius 2 is 1.80 bits per heavy atom. The molecule has 2 atom stereocenters. The molecule has 10 heteroatoms. The number of fused-ring (bicyclic) bond motifs is 1. The number of alkyl halides is 3. The maximum atomic E-state index is 13.8. The van der Waals surface area contributed by atoms with Crippen LogP contribution in [0, 0.1) is 5.92 Å². The van der Waals surface area contributed by atoms with E-state index in [-0.39, 0.29) is 23.9 Å². The molecule has 1 aromatic carbocycles. The van der Waals surface area contributed by atoms with Crippen LogP contribution in [0.1, 0.15) is 47.4 Å². The van der Waals surface area contributed by atoms with Gasteiger partial charge in [0.15, 0.2) is 11.7 Å². The number of primary amides is 1. The first-order valence-electron chi connectivity index (χ1n) is 9.80. The second-order valence-corrected chi connectivity index (χ2v) is 7.73. The van der Waals surface area contributed by atoms with Crippen molar-refractivity contribution in [2.75, 3.05) is 18.4 Å². The van der Waals surface area contributed by atoms with Gasteiger partial charge < -0.3 is 16.0 Å². The number of amides is 2. The van der Waals surface area contributed by atoms with Gasteiger partial charge in [0.2, 0.25) is 5.91 Å². The summed E-state index contributed by atoms with van der Waals surface area (Å²) in [5, 5.41) is 7.09. The number of likely N-dealkylation sites (tertiary alicyclic amines) is 1. The molecule has 0 aliphatic carbocycles. The zero-order valence-electron chi connectivity index (χ0n) is 16.1. The van der Waals surface area contributed by atoms with E-state index in [2.05, 4.69) is 10.4 Å². The third kappa shape index (κ3) is 3.86. The van der Waals surface area contributed by atoms with Gasteiger partial charge >= 0.3 is 6.18 Å². The molecule has 1 aromatic heterocycles.